The van der Waals surface area contributed by atoms with Crippen LogP contribution in [0.4, 0.5) is 0 Å². The van der Waals surface area contributed by atoms with Crippen LogP contribution < -0.4 is 5.32 Å². The third-order valence-corrected chi connectivity index (χ3v) is 3.99. The van der Waals surface area contributed by atoms with E-state index in [2.05, 4.69) is 10.3 Å². The summed E-state index contributed by atoms with van der Waals surface area (Å²) in [7, 11) is 1.82. The lowest BCUT2D eigenvalue weighted by Crippen LogP contribution is -2.56. The fourth-order valence-electron chi connectivity index (χ4n) is 2.98. The molecule has 0 aromatic heterocycles. The van der Waals surface area contributed by atoms with E-state index in [0.29, 0.717) is 0 Å². The Morgan fingerprint density at radius 1 is 1.22 bits per heavy atom. The van der Waals surface area contributed by atoms with Gasteiger partial charge in [-0.2, -0.15) is 0 Å². The average Bonchev–Trinajstić information content (AvgIpc) is 2.63. The van der Waals surface area contributed by atoms with Crippen LogP contribution in [-0.2, 0) is 9.59 Å². The second-order valence-electron chi connectivity index (χ2n) is 5.24. The Bertz CT molecular complexity index is 332. The summed E-state index contributed by atoms with van der Waals surface area (Å²) in [6.45, 7) is 3.38. The Morgan fingerprint density at radius 2 is 1.94 bits per heavy atom. The Labute approximate surface area is 108 Å². The number of carbonyl (C=O) groups is 2. The molecule has 1 amide bonds. The molecular weight excluding hydrogens is 230 g/mol. The number of carbonyl (C=O) groups excluding carboxylic acids is 2. The van der Waals surface area contributed by atoms with Crippen LogP contribution in [-0.4, -0.2) is 53.9 Å². The molecule has 0 aliphatic carbocycles. The zero-order valence-corrected chi connectivity index (χ0v) is 11.3. The molecule has 2 aliphatic heterocycles. The maximum atomic E-state index is 12.5. The summed E-state index contributed by atoms with van der Waals surface area (Å²) in [5.41, 5.74) is 0. The van der Waals surface area contributed by atoms with Gasteiger partial charge in [-0.05, 0) is 46.1 Å². The maximum absolute atomic E-state index is 12.5. The van der Waals surface area contributed by atoms with E-state index < -0.39 is 0 Å². The molecular formula is C13H23N3O2. The molecule has 2 heterocycles. The van der Waals surface area contributed by atoms with Gasteiger partial charge in [-0.25, -0.2) is 5.01 Å². The lowest BCUT2D eigenvalue weighted by molar-refractivity contribution is -0.158. The fraction of sp³-hybridized carbons (Fsp3) is 0.846. The summed E-state index contributed by atoms with van der Waals surface area (Å²) in [6, 6.07) is -0.399. The third-order valence-electron chi connectivity index (χ3n) is 3.99. The fourth-order valence-corrected chi connectivity index (χ4v) is 2.98. The van der Waals surface area contributed by atoms with Gasteiger partial charge in [0.05, 0.1) is 6.04 Å². The zero-order valence-electron chi connectivity index (χ0n) is 11.3. The molecule has 2 atom stereocenters. The number of nitrogens with one attached hydrogen (secondary N) is 1. The van der Waals surface area contributed by atoms with E-state index in [4.69, 9.17) is 0 Å². The second-order valence-corrected chi connectivity index (χ2v) is 5.24. The van der Waals surface area contributed by atoms with Crippen molar-refractivity contribution in [2.45, 2.75) is 51.1 Å². The van der Waals surface area contributed by atoms with Gasteiger partial charge in [0, 0.05) is 13.1 Å². The number of Topliss-reactive ketones (excluding diaryl/α,β-unsaturated/α-hetero) is 1. The van der Waals surface area contributed by atoms with Crippen LogP contribution in [0.2, 0.25) is 0 Å². The average molecular weight is 253 g/mol. The first-order valence-corrected chi connectivity index (χ1v) is 6.91. The van der Waals surface area contributed by atoms with Gasteiger partial charge < -0.3 is 5.32 Å². The molecule has 5 heteroatoms. The van der Waals surface area contributed by atoms with Crippen LogP contribution in [0.3, 0.4) is 0 Å². The van der Waals surface area contributed by atoms with E-state index in [1.54, 1.807) is 11.9 Å². The number of fused-ring (bicyclic) bond motifs is 1. The van der Waals surface area contributed by atoms with Crippen molar-refractivity contribution in [3.05, 3.63) is 0 Å². The first-order chi connectivity index (χ1) is 8.65. The van der Waals surface area contributed by atoms with Gasteiger partial charge in [0.2, 0.25) is 0 Å². The maximum Gasteiger partial charge on any atom is 0.254 e. The molecule has 102 valence electrons. The van der Waals surface area contributed by atoms with Crippen molar-refractivity contribution in [3.8, 4) is 0 Å². The van der Waals surface area contributed by atoms with Crippen molar-refractivity contribution in [1.29, 1.82) is 0 Å². The summed E-state index contributed by atoms with van der Waals surface area (Å²) in [6.07, 6.45) is 4.74. The molecule has 0 aromatic rings. The number of hydrazine groups is 1. The van der Waals surface area contributed by atoms with Crippen LogP contribution in [0.15, 0.2) is 0 Å². The van der Waals surface area contributed by atoms with Crippen molar-refractivity contribution >= 4 is 11.7 Å². The topological polar surface area (TPSA) is 52.7 Å². The highest BCUT2D eigenvalue weighted by molar-refractivity contribution is 5.89. The molecule has 5 nitrogen and oxygen atoms in total. The molecule has 18 heavy (non-hydrogen) atoms. The smallest absolute Gasteiger partial charge is 0.254 e. The first kappa shape index (κ1) is 13.5. The molecule has 0 saturated carbocycles. The highest BCUT2D eigenvalue weighted by atomic mass is 16.2. The zero-order chi connectivity index (χ0) is 13.1. The Hall–Kier alpha value is -0.940. The van der Waals surface area contributed by atoms with Gasteiger partial charge in [0.1, 0.15) is 6.04 Å². The normalized spacial score (nSPS) is 30.6. The molecule has 0 spiro atoms. The minimum absolute atomic E-state index is 0.0668. The predicted octanol–water partition coefficient (Wildman–Crippen LogP) is 0.555. The van der Waals surface area contributed by atoms with E-state index in [-0.39, 0.29) is 23.8 Å². The van der Waals surface area contributed by atoms with E-state index >= 15 is 0 Å². The first-order valence-electron chi connectivity index (χ1n) is 6.91. The number of likely N-dealkylation sites (N-methyl/N-ethyl adjacent to an activating group) is 1. The minimum Gasteiger partial charge on any atom is -0.309 e. The number of ketones is 1. The summed E-state index contributed by atoms with van der Waals surface area (Å²) in [4.78, 5) is 24.4. The van der Waals surface area contributed by atoms with Crippen molar-refractivity contribution < 1.29 is 9.59 Å². The Morgan fingerprint density at radius 3 is 2.61 bits per heavy atom. The van der Waals surface area contributed by atoms with Crippen LogP contribution in [0.25, 0.3) is 0 Å². The number of hydrogen-bond donors (Lipinski definition) is 1. The van der Waals surface area contributed by atoms with Crippen molar-refractivity contribution in [2.75, 3.05) is 20.1 Å². The molecule has 0 radical (unpaired) electrons. The summed E-state index contributed by atoms with van der Waals surface area (Å²) in [5.74, 6) is 0.170. The summed E-state index contributed by atoms with van der Waals surface area (Å²) in [5, 5.41) is 6.93. The molecule has 2 fully saturated rings. The summed E-state index contributed by atoms with van der Waals surface area (Å²) >= 11 is 0. The van der Waals surface area contributed by atoms with Crippen LogP contribution >= 0.6 is 0 Å². The number of hydrogen-bond acceptors (Lipinski definition) is 4. The van der Waals surface area contributed by atoms with Crippen LogP contribution in [0.5, 0.6) is 0 Å². The molecule has 2 rings (SSSR count). The monoisotopic (exact) mass is 253 g/mol. The molecule has 0 bridgehead atoms. The standard InChI is InChI=1S/C13H23N3O2/c1-10(17)12-7-3-4-8-15-9-5-6-11(14-2)13(18)16(12)15/h11-12,14H,3-9H2,1-2H3. The van der Waals surface area contributed by atoms with Gasteiger partial charge in [0.15, 0.2) is 5.78 Å². The lowest BCUT2D eigenvalue weighted by atomic mass is 10.1. The van der Waals surface area contributed by atoms with Crippen molar-refractivity contribution in [3.63, 3.8) is 0 Å². The highest BCUT2D eigenvalue weighted by Crippen LogP contribution is 2.23. The Kier molecular flexibility index (Phi) is 4.35. The van der Waals surface area contributed by atoms with Gasteiger partial charge in [0.25, 0.3) is 5.91 Å². The predicted molar refractivity (Wildman–Crippen MR) is 68.8 cm³/mol. The third kappa shape index (κ3) is 2.57. The van der Waals surface area contributed by atoms with Crippen LogP contribution in [0.1, 0.15) is 39.0 Å². The molecule has 1 N–H and O–H groups in total. The number of nitrogens with zero attached hydrogens (tertiary/aromatic N) is 2. The number of rotatable bonds is 2. The van der Waals surface area contributed by atoms with E-state index in [9.17, 15) is 9.59 Å². The SMILES string of the molecule is CNC1CCCN2CCCCC(C(C)=O)N2C1=O. The molecule has 2 saturated heterocycles. The number of amides is 1. The Balaban J connectivity index is 2.28. The van der Waals surface area contributed by atoms with E-state index in [1.807, 2.05) is 7.05 Å². The molecule has 2 aliphatic rings. The van der Waals surface area contributed by atoms with Crippen LogP contribution in [0, 0.1) is 0 Å². The second kappa shape index (κ2) is 5.80. The molecule has 2 unspecified atom stereocenters. The van der Waals surface area contributed by atoms with Gasteiger partial charge in [-0.3, -0.25) is 14.6 Å². The van der Waals surface area contributed by atoms with Gasteiger partial charge in [-0.1, -0.05) is 0 Å². The van der Waals surface area contributed by atoms with Gasteiger partial charge in [-0.15, -0.1) is 0 Å². The minimum atomic E-state index is -0.256. The van der Waals surface area contributed by atoms with E-state index in [1.165, 1.54) is 0 Å². The van der Waals surface area contributed by atoms with E-state index in [0.717, 1.165) is 45.2 Å². The lowest BCUT2D eigenvalue weighted by Gasteiger charge is -2.37. The highest BCUT2D eigenvalue weighted by Gasteiger charge is 2.38. The van der Waals surface area contributed by atoms with Crippen molar-refractivity contribution in [1.82, 2.24) is 15.3 Å². The van der Waals surface area contributed by atoms with Crippen molar-refractivity contribution in [2.24, 2.45) is 0 Å². The largest absolute Gasteiger partial charge is 0.309 e. The summed E-state index contributed by atoms with van der Waals surface area (Å²) < 4.78 is 0. The van der Waals surface area contributed by atoms with Gasteiger partial charge >= 0.3 is 0 Å². The quantitative estimate of drug-likeness (QED) is 0.781. The molecule has 0 aromatic carbocycles.